The lowest BCUT2D eigenvalue weighted by Crippen LogP contribution is -2.46. The minimum absolute atomic E-state index is 0.0424. The maximum Gasteiger partial charge on any atom is 0.226 e. The molecule has 0 aliphatic rings. The van der Waals surface area contributed by atoms with Crippen LogP contribution in [0.2, 0.25) is 0 Å². The Morgan fingerprint density at radius 3 is 2.42 bits per heavy atom. The number of nitrogens with two attached hydrogens (primary N) is 2. The number of nitrogens with zero attached hydrogens (tertiary/aromatic N) is 2. The molecule has 19 heavy (non-hydrogen) atoms. The summed E-state index contributed by atoms with van der Waals surface area (Å²) in [7, 11) is 0. The average Bonchev–Trinajstić information content (AvgIpc) is 2.26. The van der Waals surface area contributed by atoms with Crippen molar-refractivity contribution in [3.63, 3.8) is 0 Å². The van der Waals surface area contributed by atoms with E-state index in [9.17, 15) is 0 Å². The van der Waals surface area contributed by atoms with E-state index in [2.05, 4.69) is 24.0 Å². The molecule has 0 fully saturated rings. The summed E-state index contributed by atoms with van der Waals surface area (Å²) >= 11 is 0. The Balaban J connectivity index is 3.24. The molecule has 0 heterocycles. The maximum absolute atomic E-state index is 8.08. The average molecular weight is 261 g/mol. The van der Waals surface area contributed by atoms with Crippen LogP contribution < -0.4 is 16.4 Å². The van der Waals surface area contributed by atoms with Gasteiger partial charge in [-0.2, -0.15) is 4.99 Å². The number of aryl methyl sites for hydroxylation is 1. The molecule has 0 amide bonds. The van der Waals surface area contributed by atoms with Crippen LogP contribution in [0.3, 0.4) is 0 Å². The Kier molecular flexibility index (Phi) is 4.53. The molecule has 1 aromatic rings. The van der Waals surface area contributed by atoms with Crippen LogP contribution >= 0.6 is 0 Å². The second kappa shape index (κ2) is 5.73. The van der Waals surface area contributed by atoms with Crippen LogP contribution in [-0.2, 0) is 6.42 Å². The van der Waals surface area contributed by atoms with Crippen molar-refractivity contribution in [2.75, 3.05) is 4.90 Å². The van der Waals surface area contributed by atoms with Crippen molar-refractivity contribution in [2.24, 2.45) is 16.5 Å². The molecule has 0 saturated heterocycles. The van der Waals surface area contributed by atoms with Crippen molar-refractivity contribution in [2.45, 2.75) is 39.7 Å². The van der Waals surface area contributed by atoms with Gasteiger partial charge in [-0.1, -0.05) is 19.1 Å². The lowest BCUT2D eigenvalue weighted by Gasteiger charge is -2.36. The third-order valence-corrected chi connectivity index (χ3v) is 2.69. The molecule has 5 nitrogen and oxygen atoms in total. The van der Waals surface area contributed by atoms with Gasteiger partial charge in [0.2, 0.25) is 5.96 Å². The van der Waals surface area contributed by atoms with Gasteiger partial charge in [-0.15, -0.1) is 0 Å². The largest absolute Gasteiger partial charge is 0.370 e. The monoisotopic (exact) mass is 261 g/mol. The zero-order chi connectivity index (χ0) is 14.6. The van der Waals surface area contributed by atoms with Crippen LogP contribution in [-0.4, -0.2) is 17.5 Å². The Hall–Kier alpha value is -2.04. The van der Waals surface area contributed by atoms with E-state index in [-0.39, 0.29) is 17.5 Å². The van der Waals surface area contributed by atoms with Gasteiger partial charge in [-0.3, -0.25) is 5.41 Å². The van der Waals surface area contributed by atoms with Crippen LogP contribution in [0.1, 0.15) is 33.3 Å². The van der Waals surface area contributed by atoms with Crippen molar-refractivity contribution in [3.8, 4) is 0 Å². The lowest BCUT2D eigenvalue weighted by atomic mass is 10.0. The van der Waals surface area contributed by atoms with Crippen LogP contribution in [0.25, 0.3) is 0 Å². The zero-order valence-corrected chi connectivity index (χ0v) is 12.1. The number of aliphatic imine (C=N–C) groups is 1. The molecule has 0 bridgehead atoms. The minimum Gasteiger partial charge on any atom is -0.370 e. The molecule has 0 saturated carbocycles. The highest BCUT2D eigenvalue weighted by Crippen LogP contribution is 2.25. The van der Waals surface area contributed by atoms with E-state index < -0.39 is 0 Å². The van der Waals surface area contributed by atoms with Gasteiger partial charge in [0.15, 0.2) is 5.96 Å². The van der Waals surface area contributed by atoms with Crippen molar-refractivity contribution < 1.29 is 0 Å². The minimum atomic E-state index is -0.289. The van der Waals surface area contributed by atoms with Gasteiger partial charge < -0.3 is 16.4 Å². The van der Waals surface area contributed by atoms with Crippen LogP contribution in [0.15, 0.2) is 29.3 Å². The lowest BCUT2D eigenvalue weighted by molar-refractivity contribution is 0.568. The summed E-state index contributed by atoms with van der Waals surface area (Å²) in [5.41, 5.74) is 12.6. The fraction of sp³-hybridized carbons (Fsp3) is 0.429. The molecule has 104 valence electrons. The van der Waals surface area contributed by atoms with E-state index in [1.54, 1.807) is 0 Å². The number of benzene rings is 1. The van der Waals surface area contributed by atoms with Gasteiger partial charge >= 0.3 is 0 Å². The summed E-state index contributed by atoms with van der Waals surface area (Å²) in [5, 5.41) is 8.08. The van der Waals surface area contributed by atoms with Gasteiger partial charge in [-0.25, -0.2) is 0 Å². The van der Waals surface area contributed by atoms with Gasteiger partial charge in [0.25, 0.3) is 0 Å². The highest BCUT2D eigenvalue weighted by molar-refractivity contribution is 6.02. The molecule has 0 unspecified atom stereocenters. The van der Waals surface area contributed by atoms with Crippen LogP contribution in [0.4, 0.5) is 5.69 Å². The number of hydrogen-bond acceptors (Lipinski definition) is 1. The van der Waals surface area contributed by atoms with Crippen molar-refractivity contribution >= 4 is 17.6 Å². The number of nitrogens with one attached hydrogen (secondary N) is 1. The Bertz CT molecular complexity index is 481. The fourth-order valence-electron chi connectivity index (χ4n) is 1.92. The van der Waals surface area contributed by atoms with Gasteiger partial charge in [0.05, 0.1) is 0 Å². The summed E-state index contributed by atoms with van der Waals surface area (Å²) < 4.78 is 0. The second-order valence-electron chi connectivity index (χ2n) is 5.39. The number of guanidine groups is 2. The molecule has 5 N–H and O–H groups in total. The standard InChI is InChI=1S/C14H23N5/c1-5-10-7-6-8-11(9-10)19(14(2,3)4)13(17)18-12(15)16/h6-9H,5H2,1-4H3,(H5,15,16,17,18). The number of rotatable bonds is 2. The molecule has 1 aromatic carbocycles. The Morgan fingerprint density at radius 1 is 1.32 bits per heavy atom. The molecule has 1 rings (SSSR count). The third kappa shape index (κ3) is 3.98. The predicted octanol–water partition coefficient (Wildman–Crippen LogP) is 2.06. The summed E-state index contributed by atoms with van der Waals surface area (Å²) in [5.74, 6) is -0.0633. The topological polar surface area (TPSA) is 91.5 Å². The first kappa shape index (κ1) is 15.0. The summed E-state index contributed by atoms with van der Waals surface area (Å²) in [6.45, 7) is 8.15. The fourth-order valence-corrected chi connectivity index (χ4v) is 1.92. The molecule has 0 spiro atoms. The Labute approximate surface area is 114 Å². The van der Waals surface area contributed by atoms with E-state index in [4.69, 9.17) is 16.9 Å². The molecule has 0 aliphatic heterocycles. The smallest absolute Gasteiger partial charge is 0.226 e. The van der Waals surface area contributed by atoms with E-state index in [0.29, 0.717) is 0 Å². The summed E-state index contributed by atoms with van der Waals surface area (Å²) in [4.78, 5) is 5.67. The molecule has 0 aromatic heterocycles. The number of hydrogen-bond donors (Lipinski definition) is 3. The van der Waals surface area contributed by atoms with Crippen molar-refractivity contribution in [3.05, 3.63) is 29.8 Å². The normalized spacial score (nSPS) is 10.9. The first-order valence-electron chi connectivity index (χ1n) is 6.33. The second-order valence-corrected chi connectivity index (χ2v) is 5.39. The van der Waals surface area contributed by atoms with E-state index in [1.807, 2.05) is 37.8 Å². The predicted molar refractivity (Wildman–Crippen MR) is 81.6 cm³/mol. The van der Waals surface area contributed by atoms with Crippen LogP contribution in [0, 0.1) is 5.41 Å². The third-order valence-electron chi connectivity index (χ3n) is 2.69. The summed E-state index contributed by atoms with van der Waals surface area (Å²) in [6, 6.07) is 8.06. The molecule has 5 heteroatoms. The maximum atomic E-state index is 8.08. The highest BCUT2D eigenvalue weighted by atomic mass is 15.3. The Morgan fingerprint density at radius 2 is 1.95 bits per heavy atom. The van der Waals surface area contributed by atoms with Gasteiger partial charge in [-0.05, 0) is 44.9 Å². The van der Waals surface area contributed by atoms with Crippen molar-refractivity contribution in [1.29, 1.82) is 5.41 Å². The van der Waals surface area contributed by atoms with E-state index >= 15 is 0 Å². The van der Waals surface area contributed by atoms with E-state index in [0.717, 1.165) is 12.1 Å². The molecule has 0 radical (unpaired) electrons. The first-order valence-corrected chi connectivity index (χ1v) is 6.33. The van der Waals surface area contributed by atoms with Crippen LogP contribution in [0.5, 0.6) is 0 Å². The SMILES string of the molecule is CCc1cccc(N(C(=N)N=C(N)N)C(C)(C)C)c1. The first-order chi connectivity index (χ1) is 8.75. The summed E-state index contributed by atoms with van der Waals surface area (Å²) in [6.07, 6.45) is 0.946. The van der Waals surface area contributed by atoms with E-state index in [1.165, 1.54) is 5.56 Å². The van der Waals surface area contributed by atoms with Gasteiger partial charge in [0, 0.05) is 11.2 Å². The zero-order valence-electron chi connectivity index (χ0n) is 12.1. The van der Waals surface area contributed by atoms with Gasteiger partial charge in [0.1, 0.15) is 0 Å². The molecular weight excluding hydrogens is 238 g/mol. The number of anilines is 1. The van der Waals surface area contributed by atoms with Crippen molar-refractivity contribution in [1.82, 2.24) is 0 Å². The molecule has 0 aliphatic carbocycles. The highest BCUT2D eigenvalue weighted by Gasteiger charge is 2.25. The molecular formula is C14H23N5. The quantitative estimate of drug-likeness (QED) is 0.562. The molecule has 0 atom stereocenters.